The molecule has 3 N–H and O–H groups in total. The van der Waals surface area contributed by atoms with E-state index < -0.39 is 0 Å². The molecule has 3 atom stereocenters. The number of rotatable bonds is 4. The van der Waals surface area contributed by atoms with Gasteiger partial charge in [-0.3, -0.25) is 0 Å². The minimum absolute atomic E-state index is 0.121. The lowest BCUT2D eigenvalue weighted by atomic mass is 9.85. The van der Waals surface area contributed by atoms with Crippen molar-refractivity contribution in [3.8, 4) is 5.69 Å². The summed E-state index contributed by atoms with van der Waals surface area (Å²) in [6, 6.07) is 0.200. The summed E-state index contributed by atoms with van der Waals surface area (Å²) in [4.78, 5) is 13.2. The van der Waals surface area contributed by atoms with Crippen LogP contribution in [-0.4, -0.2) is 42.3 Å². The summed E-state index contributed by atoms with van der Waals surface area (Å²) in [5.74, 6) is 1.70. The van der Waals surface area contributed by atoms with Crippen molar-refractivity contribution in [2.24, 2.45) is 5.92 Å². The fraction of sp³-hybridized carbons (Fsp3) is 0.611. The first-order chi connectivity index (χ1) is 11.8. The molecule has 3 rings (SSSR count). The number of aliphatic hydroxyl groups is 1. The smallest absolute Gasteiger partial charge is 0.225 e. The Hall–Kier alpha value is -2.15. The van der Waals surface area contributed by atoms with Crippen LogP contribution in [0.3, 0.4) is 0 Å². The Labute approximate surface area is 148 Å². The van der Waals surface area contributed by atoms with E-state index in [2.05, 4.69) is 53.3 Å². The Kier molecular flexibility index (Phi) is 4.94. The number of hydrogen-bond acceptors (Lipinski definition) is 6. The molecule has 25 heavy (non-hydrogen) atoms. The van der Waals surface area contributed by atoms with Gasteiger partial charge in [0.05, 0.1) is 18.6 Å². The molecule has 0 radical (unpaired) electrons. The summed E-state index contributed by atoms with van der Waals surface area (Å²) in [7, 11) is 0. The highest BCUT2D eigenvalue weighted by Gasteiger charge is 2.27. The van der Waals surface area contributed by atoms with Gasteiger partial charge >= 0.3 is 0 Å². The third kappa shape index (κ3) is 4.48. The van der Waals surface area contributed by atoms with E-state index in [9.17, 15) is 5.11 Å². The van der Waals surface area contributed by atoms with Crippen molar-refractivity contribution in [2.75, 3.05) is 10.6 Å². The van der Waals surface area contributed by atoms with Crippen molar-refractivity contribution in [3.05, 3.63) is 24.9 Å². The average Bonchev–Trinajstić information content (AvgIpc) is 3.04. The van der Waals surface area contributed by atoms with E-state index >= 15 is 0 Å². The van der Waals surface area contributed by atoms with Crippen molar-refractivity contribution in [3.63, 3.8) is 0 Å². The third-order valence-electron chi connectivity index (χ3n) is 4.53. The molecule has 0 aliphatic heterocycles. The minimum atomic E-state index is -0.267. The molecule has 2 heterocycles. The average molecular weight is 344 g/mol. The zero-order chi connectivity index (χ0) is 18.0. The lowest BCUT2D eigenvalue weighted by molar-refractivity contribution is 0.0739. The van der Waals surface area contributed by atoms with Gasteiger partial charge in [0.1, 0.15) is 5.69 Å². The van der Waals surface area contributed by atoms with Crippen molar-refractivity contribution in [1.29, 1.82) is 0 Å². The highest BCUT2D eigenvalue weighted by molar-refractivity contribution is 5.57. The lowest BCUT2D eigenvalue weighted by Gasteiger charge is -2.32. The first-order valence-corrected chi connectivity index (χ1v) is 8.90. The molecule has 0 saturated heterocycles. The molecule has 1 aliphatic carbocycles. The van der Waals surface area contributed by atoms with Crippen LogP contribution in [0, 0.1) is 5.92 Å². The summed E-state index contributed by atoms with van der Waals surface area (Å²) < 4.78 is 1.89. The fourth-order valence-electron chi connectivity index (χ4n) is 3.09. The van der Waals surface area contributed by atoms with Crippen molar-refractivity contribution < 1.29 is 5.11 Å². The van der Waals surface area contributed by atoms with Crippen LogP contribution in [0.4, 0.5) is 11.8 Å². The van der Waals surface area contributed by atoms with Crippen LogP contribution in [0.25, 0.3) is 5.69 Å². The van der Waals surface area contributed by atoms with Crippen molar-refractivity contribution in [2.45, 2.75) is 64.6 Å². The maximum absolute atomic E-state index is 10.2. The molecular formula is C18H28N6O. The van der Waals surface area contributed by atoms with Gasteiger partial charge < -0.3 is 20.3 Å². The number of anilines is 2. The van der Waals surface area contributed by atoms with E-state index in [1.54, 1.807) is 18.7 Å². The van der Waals surface area contributed by atoms with E-state index in [1.165, 1.54) is 0 Å². The number of imidazole rings is 1. The van der Waals surface area contributed by atoms with Crippen molar-refractivity contribution >= 4 is 11.8 Å². The number of nitrogens with one attached hydrogen (secondary N) is 2. The van der Waals surface area contributed by atoms with E-state index in [0.29, 0.717) is 11.9 Å². The highest BCUT2D eigenvalue weighted by atomic mass is 16.3. The van der Waals surface area contributed by atoms with E-state index in [4.69, 9.17) is 0 Å². The summed E-state index contributed by atoms with van der Waals surface area (Å²) in [5, 5.41) is 17.0. The summed E-state index contributed by atoms with van der Waals surface area (Å²) in [5.41, 5.74) is 0.731. The SMILES string of the molecule is CC1CC[C@@H](Nc2nc(NC(C)(C)C)ncc2-n2ccnc2)CC1O. The second kappa shape index (κ2) is 7.00. The van der Waals surface area contributed by atoms with Gasteiger partial charge in [-0.25, -0.2) is 9.97 Å². The van der Waals surface area contributed by atoms with E-state index in [0.717, 1.165) is 30.8 Å². The first-order valence-electron chi connectivity index (χ1n) is 8.90. The lowest BCUT2D eigenvalue weighted by Crippen LogP contribution is -2.35. The maximum Gasteiger partial charge on any atom is 0.225 e. The summed E-state index contributed by atoms with van der Waals surface area (Å²) >= 11 is 0. The van der Waals surface area contributed by atoms with Crippen LogP contribution < -0.4 is 10.6 Å². The van der Waals surface area contributed by atoms with Crippen molar-refractivity contribution in [1.82, 2.24) is 19.5 Å². The fourth-order valence-corrected chi connectivity index (χ4v) is 3.09. The van der Waals surface area contributed by atoms with Gasteiger partial charge in [-0.15, -0.1) is 0 Å². The van der Waals surface area contributed by atoms with Crippen LogP contribution in [0.1, 0.15) is 47.0 Å². The topological polar surface area (TPSA) is 87.9 Å². The van der Waals surface area contributed by atoms with Crippen LogP contribution >= 0.6 is 0 Å². The molecular weight excluding hydrogens is 316 g/mol. The van der Waals surface area contributed by atoms with Gasteiger partial charge in [-0.05, 0) is 46.0 Å². The molecule has 136 valence electrons. The number of aliphatic hydroxyl groups excluding tert-OH is 1. The zero-order valence-electron chi connectivity index (χ0n) is 15.4. The van der Waals surface area contributed by atoms with E-state index in [-0.39, 0.29) is 17.7 Å². The van der Waals surface area contributed by atoms with Gasteiger partial charge in [0.25, 0.3) is 0 Å². The molecule has 0 bridgehead atoms. The Balaban J connectivity index is 1.87. The number of aromatic nitrogens is 4. The summed E-state index contributed by atoms with van der Waals surface area (Å²) in [6.07, 6.45) is 9.64. The van der Waals surface area contributed by atoms with Crippen LogP contribution in [0.15, 0.2) is 24.9 Å². The van der Waals surface area contributed by atoms with Gasteiger partial charge in [0.15, 0.2) is 5.82 Å². The molecule has 1 aliphatic rings. The number of hydrogen-bond donors (Lipinski definition) is 3. The Morgan fingerprint density at radius 1 is 1.28 bits per heavy atom. The Morgan fingerprint density at radius 3 is 2.72 bits per heavy atom. The second-order valence-corrected chi connectivity index (χ2v) is 7.97. The van der Waals surface area contributed by atoms with Gasteiger partial charge in [0.2, 0.25) is 5.95 Å². The molecule has 7 nitrogen and oxygen atoms in total. The zero-order valence-corrected chi connectivity index (χ0v) is 15.4. The quantitative estimate of drug-likeness (QED) is 0.790. The normalized spacial score (nSPS) is 24.1. The molecule has 1 saturated carbocycles. The molecule has 2 aromatic heterocycles. The number of nitrogens with zero attached hydrogens (tertiary/aromatic N) is 4. The standard InChI is InChI=1S/C18H28N6O/c1-12-5-6-13(9-15(12)25)21-16-14(24-8-7-19-11-24)10-20-17(22-16)23-18(2,3)4/h7-8,10-13,15,25H,5-6,9H2,1-4H3,(H2,20,21,22,23)/t12?,13-,15?/m1/s1. The first kappa shape index (κ1) is 17.7. The highest BCUT2D eigenvalue weighted by Crippen LogP contribution is 2.28. The monoisotopic (exact) mass is 344 g/mol. The Bertz CT molecular complexity index is 694. The maximum atomic E-state index is 10.2. The Morgan fingerprint density at radius 2 is 2.08 bits per heavy atom. The molecule has 2 unspecified atom stereocenters. The second-order valence-electron chi connectivity index (χ2n) is 7.97. The summed E-state index contributed by atoms with van der Waals surface area (Å²) in [6.45, 7) is 8.33. The van der Waals surface area contributed by atoms with Crippen LogP contribution in [-0.2, 0) is 0 Å². The molecule has 0 aromatic carbocycles. The van der Waals surface area contributed by atoms with Crippen LogP contribution in [0.5, 0.6) is 0 Å². The molecule has 1 fully saturated rings. The predicted octanol–water partition coefficient (Wildman–Crippen LogP) is 2.83. The molecule has 2 aromatic rings. The van der Waals surface area contributed by atoms with Crippen LogP contribution in [0.2, 0.25) is 0 Å². The molecule has 0 amide bonds. The largest absolute Gasteiger partial charge is 0.393 e. The predicted molar refractivity (Wildman–Crippen MR) is 99.0 cm³/mol. The molecule has 7 heteroatoms. The van der Waals surface area contributed by atoms with Gasteiger partial charge in [-0.2, -0.15) is 4.98 Å². The minimum Gasteiger partial charge on any atom is -0.393 e. The van der Waals surface area contributed by atoms with Gasteiger partial charge in [-0.1, -0.05) is 6.92 Å². The molecule has 0 spiro atoms. The van der Waals surface area contributed by atoms with E-state index in [1.807, 2.05) is 10.8 Å². The van der Waals surface area contributed by atoms with Gasteiger partial charge in [0, 0.05) is 24.0 Å². The third-order valence-corrected chi connectivity index (χ3v) is 4.53.